The van der Waals surface area contributed by atoms with E-state index >= 15 is 0 Å². The summed E-state index contributed by atoms with van der Waals surface area (Å²) in [5.74, 6) is -0.344. The molecule has 0 spiro atoms. The summed E-state index contributed by atoms with van der Waals surface area (Å²) in [4.78, 5) is 28.7. The third-order valence-electron chi connectivity index (χ3n) is 4.32. The Hall–Kier alpha value is -3.40. The molecule has 3 aromatic rings. The first-order valence-corrected chi connectivity index (χ1v) is 10.5. The molecule has 0 saturated carbocycles. The van der Waals surface area contributed by atoms with E-state index in [-0.39, 0.29) is 24.6 Å². The minimum Gasteiger partial charge on any atom is -0.487 e. The van der Waals surface area contributed by atoms with Crippen molar-refractivity contribution in [3.63, 3.8) is 0 Å². The minimum absolute atomic E-state index is 0.101. The van der Waals surface area contributed by atoms with Gasteiger partial charge in [-0.1, -0.05) is 6.07 Å². The third kappa shape index (κ3) is 6.55. The van der Waals surface area contributed by atoms with Crippen molar-refractivity contribution in [2.75, 3.05) is 13.1 Å². The second-order valence-electron chi connectivity index (χ2n) is 6.76. The van der Waals surface area contributed by atoms with E-state index in [2.05, 4.69) is 15.6 Å². The smallest absolute Gasteiger partial charge is 0.416 e. The van der Waals surface area contributed by atoms with Gasteiger partial charge in [0.05, 0.1) is 16.3 Å². The van der Waals surface area contributed by atoms with Gasteiger partial charge in [0.15, 0.2) is 0 Å². The first kappa shape index (κ1) is 23.3. The molecule has 0 unspecified atom stereocenters. The van der Waals surface area contributed by atoms with E-state index in [9.17, 15) is 22.8 Å². The number of nitrogens with zero attached hydrogens (tertiary/aromatic N) is 1. The standard InChI is InChI=1S/C22H20F3N3O3S/c1-14-28-18(13-32-14)12-31-19-4-2-3-16(11-19)21(30)27-10-9-26-20(29)15-5-7-17(8-6-15)22(23,24)25/h2-8,11,13H,9-10,12H2,1H3,(H,26,29)(H,27,30). The summed E-state index contributed by atoms with van der Waals surface area (Å²) in [6.45, 7) is 2.47. The van der Waals surface area contributed by atoms with E-state index in [0.29, 0.717) is 17.9 Å². The predicted molar refractivity (Wildman–Crippen MR) is 114 cm³/mol. The van der Waals surface area contributed by atoms with Crippen LogP contribution in [-0.2, 0) is 12.8 Å². The quantitative estimate of drug-likeness (QED) is 0.491. The van der Waals surface area contributed by atoms with E-state index in [0.717, 1.165) is 35.0 Å². The maximum Gasteiger partial charge on any atom is 0.416 e. The summed E-state index contributed by atoms with van der Waals surface area (Å²) in [5.41, 5.74) is 0.482. The molecule has 2 N–H and O–H groups in total. The van der Waals surface area contributed by atoms with E-state index < -0.39 is 17.6 Å². The van der Waals surface area contributed by atoms with Crippen molar-refractivity contribution in [3.8, 4) is 5.75 Å². The Balaban J connectivity index is 1.44. The Kier molecular flexibility index (Phi) is 7.47. The number of aromatic nitrogens is 1. The Morgan fingerprint density at radius 3 is 2.25 bits per heavy atom. The van der Waals surface area contributed by atoms with Gasteiger partial charge in [0.1, 0.15) is 12.4 Å². The zero-order valence-corrected chi connectivity index (χ0v) is 17.8. The summed E-state index contributed by atoms with van der Waals surface area (Å²) in [5, 5.41) is 8.07. The van der Waals surface area contributed by atoms with Gasteiger partial charge in [-0.15, -0.1) is 11.3 Å². The number of rotatable bonds is 8. The van der Waals surface area contributed by atoms with Crippen LogP contribution in [0.3, 0.4) is 0 Å². The molecule has 0 bridgehead atoms. The molecule has 1 heterocycles. The van der Waals surface area contributed by atoms with Crippen molar-refractivity contribution in [1.82, 2.24) is 15.6 Å². The van der Waals surface area contributed by atoms with Crippen LogP contribution in [0.25, 0.3) is 0 Å². The number of aryl methyl sites for hydroxylation is 1. The van der Waals surface area contributed by atoms with Crippen LogP contribution in [0.5, 0.6) is 5.75 Å². The Labute approximate surface area is 186 Å². The van der Waals surface area contributed by atoms with Gasteiger partial charge >= 0.3 is 6.18 Å². The minimum atomic E-state index is -4.46. The first-order chi connectivity index (χ1) is 15.2. The molecular formula is C22H20F3N3O3S. The normalized spacial score (nSPS) is 11.1. The fourth-order valence-corrected chi connectivity index (χ4v) is 3.32. The lowest BCUT2D eigenvalue weighted by Gasteiger charge is -2.10. The molecule has 10 heteroatoms. The first-order valence-electron chi connectivity index (χ1n) is 9.60. The van der Waals surface area contributed by atoms with Crippen LogP contribution >= 0.6 is 11.3 Å². The van der Waals surface area contributed by atoms with Gasteiger partial charge in [-0.3, -0.25) is 9.59 Å². The van der Waals surface area contributed by atoms with Crippen LogP contribution in [0.15, 0.2) is 53.9 Å². The molecule has 6 nitrogen and oxygen atoms in total. The van der Waals surface area contributed by atoms with Gasteiger partial charge in [-0.05, 0) is 49.4 Å². The van der Waals surface area contributed by atoms with Crippen LogP contribution in [-0.4, -0.2) is 29.9 Å². The molecule has 3 rings (SSSR count). The highest BCUT2D eigenvalue weighted by Crippen LogP contribution is 2.29. The molecule has 0 fully saturated rings. The molecule has 0 saturated heterocycles. The van der Waals surface area contributed by atoms with Crippen molar-refractivity contribution < 1.29 is 27.5 Å². The lowest BCUT2D eigenvalue weighted by molar-refractivity contribution is -0.137. The average molecular weight is 463 g/mol. The molecule has 0 aliphatic carbocycles. The molecule has 0 radical (unpaired) electrons. The maximum absolute atomic E-state index is 12.6. The molecule has 2 amide bonds. The number of carbonyl (C=O) groups excluding carboxylic acids is 2. The van der Waals surface area contributed by atoms with E-state index in [1.807, 2.05) is 12.3 Å². The van der Waals surface area contributed by atoms with E-state index in [4.69, 9.17) is 4.74 Å². The molecule has 1 aromatic heterocycles. The molecule has 2 aromatic carbocycles. The zero-order valence-electron chi connectivity index (χ0n) is 17.0. The highest BCUT2D eigenvalue weighted by molar-refractivity contribution is 7.09. The largest absolute Gasteiger partial charge is 0.487 e. The summed E-state index contributed by atoms with van der Waals surface area (Å²) < 4.78 is 43.4. The maximum atomic E-state index is 12.6. The van der Waals surface area contributed by atoms with Gasteiger partial charge < -0.3 is 15.4 Å². The van der Waals surface area contributed by atoms with Crippen molar-refractivity contribution in [1.29, 1.82) is 0 Å². The molecule has 0 aliphatic heterocycles. The lowest BCUT2D eigenvalue weighted by Crippen LogP contribution is -2.34. The van der Waals surface area contributed by atoms with E-state index in [1.165, 1.54) is 11.3 Å². The average Bonchev–Trinajstić information content (AvgIpc) is 3.20. The van der Waals surface area contributed by atoms with E-state index in [1.54, 1.807) is 24.3 Å². The number of ether oxygens (including phenoxy) is 1. The highest BCUT2D eigenvalue weighted by atomic mass is 32.1. The summed E-state index contributed by atoms with van der Waals surface area (Å²) in [7, 11) is 0. The zero-order chi connectivity index (χ0) is 23.1. The number of alkyl halides is 3. The third-order valence-corrected chi connectivity index (χ3v) is 5.14. The number of halogens is 3. The second-order valence-corrected chi connectivity index (χ2v) is 7.82. The topological polar surface area (TPSA) is 80.3 Å². The number of thiazole rings is 1. The monoisotopic (exact) mass is 463 g/mol. The van der Waals surface area contributed by atoms with Gasteiger partial charge in [0.25, 0.3) is 11.8 Å². The van der Waals surface area contributed by atoms with Crippen molar-refractivity contribution in [3.05, 3.63) is 81.3 Å². The Morgan fingerprint density at radius 2 is 1.66 bits per heavy atom. The number of hydrogen-bond acceptors (Lipinski definition) is 5. The highest BCUT2D eigenvalue weighted by Gasteiger charge is 2.30. The number of carbonyl (C=O) groups is 2. The van der Waals surface area contributed by atoms with Crippen LogP contribution in [0.4, 0.5) is 13.2 Å². The lowest BCUT2D eigenvalue weighted by atomic mass is 10.1. The van der Waals surface area contributed by atoms with Crippen LogP contribution in [0, 0.1) is 6.92 Å². The summed E-state index contributed by atoms with van der Waals surface area (Å²) in [6, 6.07) is 10.6. The van der Waals surface area contributed by atoms with Crippen molar-refractivity contribution in [2.45, 2.75) is 19.7 Å². The Bertz CT molecular complexity index is 1080. The number of amides is 2. The Morgan fingerprint density at radius 1 is 1.00 bits per heavy atom. The van der Waals surface area contributed by atoms with Crippen molar-refractivity contribution in [2.24, 2.45) is 0 Å². The predicted octanol–water partition coefficient (Wildman–Crippen LogP) is 4.21. The van der Waals surface area contributed by atoms with Gasteiger partial charge in [-0.25, -0.2) is 4.98 Å². The van der Waals surface area contributed by atoms with Gasteiger partial charge in [0, 0.05) is 29.6 Å². The second kappa shape index (κ2) is 10.3. The van der Waals surface area contributed by atoms with Crippen LogP contribution in [0.1, 0.15) is 37.0 Å². The molecule has 168 valence electrons. The summed E-state index contributed by atoms with van der Waals surface area (Å²) in [6.07, 6.45) is -4.46. The van der Waals surface area contributed by atoms with Crippen LogP contribution < -0.4 is 15.4 Å². The molecule has 32 heavy (non-hydrogen) atoms. The van der Waals surface area contributed by atoms with Crippen molar-refractivity contribution >= 4 is 23.2 Å². The van der Waals surface area contributed by atoms with Gasteiger partial charge in [-0.2, -0.15) is 13.2 Å². The number of benzene rings is 2. The molecule has 0 atom stereocenters. The fourth-order valence-electron chi connectivity index (χ4n) is 2.73. The molecular weight excluding hydrogens is 443 g/mol. The fraction of sp³-hybridized carbons (Fsp3) is 0.227. The molecule has 0 aliphatic rings. The number of nitrogens with one attached hydrogen (secondary N) is 2. The summed E-state index contributed by atoms with van der Waals surface area (Å²) >= 11 is 1.53. The van der Waals surface area contributed by atoms with Crippen LogP contribution in [0.2, 0.25) is 0 Å². The number of hydrogen-bond donors (Lipinski definition) is 2. The SMILES string of the molecule is Cc1nc(COc2cccc(C(=O)NCCNC(=O)c3ccc(C(F)(F)F)cc3)c2)cs1. The van der Waals surface area contributed by atoms with Gasteiger partial charge in [0.2, 0.25) is 0 Å².